The molecule has 4 atom stereocenters. The topological polar surface area (TPSA) is 95.3 Å². The Hall–Kier alpha value is -0.950. The molecular formula is C16H21N2NaO4. The van der Waals surface area contributed by atoms with Crippen LogP contribution in [0.4, 0.5) is 0 Å². The number of carbonyl (C=O) groups excluding carboxylic acids is 1. The minimum Gasteiger partial charge on any atom is -0.548 e. The van der Waals surface area contributed by atoms with Gasteiger partial charge in [0.25, 0.3) is 0 Å². The van der Waals surface area contributed by atoms with Crippen LogP contribution in [-0.2, 0) is 4.79 Å². The third-order valence-electron chi connectivity index (χ3n) is 4.45. The molecule has 1 fully saturated rings. The van der Waals surface area contributed by atoms with E-state index in [1.807, 2.05) is 39.8 Å². The number of carboxylic acid groups (broad SMARTS) is 1. The molecule has 7 heteroatoms. The van der Waals surface area contributed by atoms with Crippen molar-refractivity contribution in [1.29, 1.82) is 0 Å². The predicted octanol–water partition coefficient (Wildman–Crippen LogP) is -1.93. The van der Waals surface area contributed by atoms with Gasteiger partial charge in [-0.3, -0.25) is 15.4 Å². The van der Waals surface area contributed by atoms with Crippen LogP contribution in [0.1, 0.15) is 37.9 Å². The molecule has 0 aliphatic carbocycles. The van der Waals surface area contributed by atoms with Crippen molar-refractivity contribution in [2.75, 3.05) is 0 Å². The first-order valence-electron chi connectivity index (χ1n) is 7.30. The van der Waals surface area contributed by atoms with Crippen LogP contribution >= 0.6 is 0 Å². The normalized spacial score (nSPS) is 27.3. The van der Waals surface area contributed by atoms with Gasteiger partial charge in [0.2, 0.25) is 6.04 Å². The molecule has 23 heavy (non-hydrogen) atoms. The van der Waals surface area contributed by atoms with E-state index < -0.39 is 35.4 Å². The van der Waals surface area contributed by atoms with E-state index in [0.717, 1.165) is 11.1 Å². The molecule has 6 nitrogen and oxygen atoms in total. The van der Waals surface area contributed by atoms with Crippen molar-refractivity contribution in [3.63, 3.8) is 0 Å². The summed E-state index contributed by atoms with van der Waals surface area (Å²) in [6, 6.07) is 4.64. The Morgan fingerprint density at radius 1 is 1.26 bits per heavy atom. The van der Waals surface area contributed by atoms with E-state index in [9.17, 15) is 20.0 Å². The molecule has 0 spiro atoms. The van der Waals surface area contributed by atoms with E-state index in [0.29, 0.717) is 0 Å². The maximum Gasteiger partial charge on any atom is 1.00 e. The maximum atomic E-state index is 11.7. The van der Waals surface area contributed by atoms with E-state index in [1.54, 1.807) is 12.1 Å². The zero-order valence-corrected chi connectivity index (χ0v) is 16.2. The molecule has 0 aromatic heterocycles. The Morgan fingerprint density at radius 2 is 1.83 bits per heavy atom. The number of hydrogen-bond donors (Lipinski definition) is 1. The summed E-state index contributed by atoms with van der Waals surface area (Å²) in [5, 5.41) is 26.1. The summed E-state index contributed by atoms with van der Waals surface area (Å²) >= 11 is 0. The maximum absolute atomic E-state index is 11.7. The number of carbonyl (C=O) groups is 1. The minimum absolute atomic E-state index is 0. The van der Waals surface area contributed by atoms with Gasteiger partial charge in [-0.25, -0.2) is 0 Å². The van der Waals surface area contributed by atoms with Crippen molar-refractivity contribution in [3.8, 4) is 0 Å². The number of carboxylic acids is 1. The van der Waals surface area contributed by atoms with Gasteiger partial charge >= 0.3 is 29.6 Å². The number of aliphatic carboxylic acids is 1. The third-order valence-corrected chi connectivity index (χ3v) is 4.45. The van der Waals surface area contributed by atoms with E-state index in [1.165, 1.54) is 0 Å². The Labute approximate surface area is 158 Å². The van der Waals surface area contributed by atoms with Crippen LogP contribution in [0.3, 0.4) is 0 Å². The number of benzene rings is 1. The third kappa shape index (κ3) is 3.94. The van der Waals surface area contributed by atoms with E-state index in [-0.39, 0.29) is 34.5 Å². The molecule has 0 unspecified atom stereocenters. The first-order valence-corrected chi connectivity index (χ1v) is 7.30. The van der Waals surface area contributed by atoms with Crippen molar-refractivity contribution in [2.45, 2.75) is 45.8 Å². The zero-order chi connectivity index (χ0) is 16.7. The van der Waals surface area contributed by atoms with E-state index in [2.05, 4.69) is 5.32 Å². The van der Waals surface area contributed by atoms with Gasteiger partial charge < -0.3 is 9.90 Å². The molecule has 1 heterocycles. The molecule has 1 saturated heterocycles. The van der Waals surface area contributed by atoms with Gasteiger partial charge in [0.15, 0.2) is 0 Å². The predicted molar refractivity (Wildman–Crippen MR) is 79.6 cm³/mol. The molecule has 1 aliphatic rings. The molecule has 1 aromatic rings. The van der Waals surface area contributed by atoms with Gasteiger partial charge in [0, 0.05) is 4.92 Å². The second-order valence-electron chi connectivity index (χ2n) is 6.97. The van der Waals surface area contributed by atoms with E-state index in [4.69, 9.17) is 0 Å². The summed E-state index contributed by atoms with van der Waals surface area (Å²) in [6.45, 7) is 7.34. The summed E-state index contributed by atoms with van der Waals surface area (Å²) in [5.41, 5.74) is 1.13. The van der Waals surface area contributed by atoms with Gasteiger partial charge in [-0.2, -0.15) is 0 Å². The van der Waals surface area contributed by atoms with Crippen molar-refractivity contribution in [3.05, 3.63) is 45.5 Å². The van der Waals surface area contributed by atoms with Crippen LogP contribution in [0.5, 0.6) is 0 Å². The van der Waals surface area contributed by atoms with Crippen LogP contribution in [0, 0.1) is 28.4 Å². The minimum atomic E-state index is -1.29. The summed E-state index contributed by atoms with van der Waals surface area (Å²) in [4.78, 5) is 22.8. The molecule has 0 saturated carbocycles. The molecular weight excluding hydrogens is 307 g/mol. The Morgan fingerprint density at radius 3 is 2.26 bits per heavy atom. The van der Waals surface area contributed by atoms with Gasteiger partial charge in [0.1, 0.15) is 6.04 Å². The molecule has 0 amide bonds. The monoisotopic (exact) mass is 328 g/mol. The Kier molecular flexibility index (Phi) is 6.38. The fourth-order valence-corrected chi connectivity index (χ4v) is 3.49. The molecule has 1 aliphatic heterocycles. The smallest absolute Gasteiger partial charge is 0.548 e. The Balaban J connectivity index is 0.00000264. The average Bonchev–Trinajstić information content (AvgIpc) is 2.79. The van der Waals surface area contributed by atoms with Crippen LogP contribution < -0.4 is 40.0 Å². The fourth-order valence-electron chi connectivity index (χ4n) is 3.49. The number of rotatable bonds is 3. The van der Waals surface area contributed by atoms with Crippen molar-refractivity contribution >= 4 is 5.97 Å². The number of nitrogens with zero attached hydrogens (tertiary/aromatic N) is 1. The van der Waals surface area contributed by atoms with Gasteiger partial charge in [-0.05, 0) is 23.5 Å². The van der Waals surface area contributed by atoms with Crippen LogP contribution in [0.2, 0.25) is 0 Å². The second kappa shape index (κ2) is 7.30. The number of nitrogens with one attached hydrogen (secondary N) is 1. The van der Waals surface area contributed by atoms with Crippen molar-refractivity contribution < 1.29 is 44.4 Å². The number of aryl methyl sites for hydroxylation is 1. The first kappa shape index (κ1) is 20.1. The van der Waals surface area contributed by atoms with Gasteiger partial charge in [-0.15, -0.1) is 0 Å². The molecule has 2 rings (SSSR count). The number of nitro groups is 1. The summed E-state index contributed by atoms with van der Waals surface area (Å²) in [7, 11) is 0. The van der Waals surface area contributed by atoms with Crippen molar-refractivity contribution in [2.24, 2.45) is 11.3 Å². The summed E-state index contributed by atoms with van der Waals surface area (Å²) in [6.07, 6.45) is 0. The zero-order valence-electron chi connectivity index (χ0n) is 14.2. The van der Waals surface area contributed by atoms with Crippen LogP contribution in [-0.4, -0.2) is 23.0 Å². The van der Waals surface area contributed by atoms with Gasteiger partial charge in [-0.1, -0.05) is 45.0 Å². The molecule has 1 aromatic carbocycles. The Bertz CT molecular complexity index is 600. The number of hydrogen-bond acceptors (Lipinski definition) is 5. The SMILES string of the molecule is Cc1ccccc1[C@@H]1N[C@H](C(=O)[O-])[C@@H](C(C)(C)C)[C@@H]1[N+](=O)[O-].[Na+]. The standard InChI is InChI=1S/C16H22N2O4.Na/c1-9-7-5-6-8-10(9)12-14(18(21)22)11(16(2,3)4)13(17-12)15(19)20;/h5-8,11-14,17H,1-4H3,(H,19,20);/q;+1/p-1/t11-,12+,13+,14+;/m1./s1. The summed E-state index contributed by atoms with van der Waals surface area (Å²) in [5.74, 6) is -1.94. The largest absolute Gasteiger partial charge is 1.00 e. The molecule has 0 bridgehead atoms. The van der Waals surface area contributed by atoms with Crippen LogP contribution in [0.25, 0.3) is 0 Å². The van der Waals surface area contributed by atoms with Crippen molar-refractivity contribution in [1.82, 2.24) is 5.32 Å². The molecule has 120 valence electrons. The summed E-state index contributed by atoms with van der Waals surface area (Å²) < 4.78 is 0. The van der Waals surface area contributed by atoms with E-state index >= 15 is 0 Å². The van der Waals surface area contributed by atoms with Gasteiger partial charge in [0.05, 0.1) is 17.9 Å². The average molecular weight is 328 g/mol. The first-order chi connectivity index (χ1) is 10.1. The van der Waals surface area contributed by atoms with Crippen LogP contribution in [0.15, 0.2) is 24.3 Å². The fraction of sp³-hybridized carbons (Fsp3) is 0.562. The molecule has 0 radical (unpaired) electrons. The second-order valence-corrected chi connectivity index (χ2v) is 6.97. The molecule has 1 N–H and O–H groups in total. The quantitative estimate of drug-likeness (QED) is 0.396.